The molecule has 0 N–H and O–H groups in total. The van der Waals surface area contributed by atoms with Crippen molar-refractivity contribution >= 4 is 8.07 Å². The highest BCUT2D eigenvalue weighted by Crippen LogP contribution is 2.36. The summed E-state index contributed by atoms with van der Waals surface area (Å²) in [6.07, 6.45) is 1.18. The summed E-state index contributed by atoms with van der Waals surface area (Å²) in [5.74, 6) is 0. The van der Waals surface area contributed by atoms with E-state index in [1.165, 1.54) is 12.0 Å². The van der Waals surface area contributed by atoms with Gasteiger partial charge in [0.1, 0.15) is 0 Å². The lowest BCUT2D eigenvalue weighted by Crippen LogP contribution is -2.57. The minimum atomic E-state index is -1.53. The fourth-order valence-corrected chi connectivity index (χ4v) is 5.19. The number of nitrogens with zero attached hydrogens (tertiary/aromatic N) is 1. The molecule has 0 saturated heterocycles. The second-order valence-electron chi connectivity index (χ2n) is 6.38. The minimum Gasteiger partial charge on any atom is -0.376 e. The van der Waals surface area contributed by atoms with Crippen molar-refractivity contribution in [1.29, 1.82) is 0 Å². The predicted octanol–water partition coefficient (Wildman–Crippen LogP) is 3.75. The number of likely N-dealkylation sites (N-methyl/N-ethyl adjacent to an activating group) is 1. The zero-order valence-electron chi connectivity index (χ0n) is 13.4. The number of ether oxygens (including phenoxy) is 1. The van der Waals surface area contributed by atoms with Gasteiger partial charge in [0.05, 0.1) is 13.3 Å². The summed E-state index contributed by atoms with van der Waals surface area (Å²) in [4.78, 5) is 2.40. The molecule has 0 aromatic heterocycles. The molecule has 0 aliphatic heterocycles. The van der Waals surface area contributed by atoms with E-state index in [9.17, 15) is 0 Å². The molecule has 1 rings (SSSR count). The molecule has 3 heteroatoms. The molecule has 0 bridgehead atoms. The Kier molecular flexibility index (Phi) is 5.77. The second-order valence-corrected chi connectivity index (χ2v) is 11.7. The monoisotopic (exact) mass is 279 g/mol. The molecule has 0 amide bonds. The van der Waals surface area contributed by atoms with Gasteiger partial charge in [-0.1, -0.05) is 56.9 Å². The average Bonchev–Trinajstić information content (AvgIpc) is 2.36. The zero-order valence-corrected chi connectivity index (χ0v) is 14.4. The maximum absolute atomic E-state index is 6.13. The maximum Gasteiger partial charge on any atom is 0.0937 e. The van der Waals surface area contributed by atoms with Crippen LogP contribution in [0.2, 0.25) is 19.6 Å². The summed E-state index contributed by atoms with van der Waals surface area (Å²) >= 11 is 0. The van der Waals surface area contributed by atoms with Gasteiger partial charge < -0.3 is 9.64 Å². The minimum absolute atomic E-state index is 0.141. The molecule has 1 atom stereocenters. The fourth-order valence-electron chi connectivity index (χ4n) is 2.80. The van der Waals surface area contributed by atoms with Crippen molar-refractivity contribution in [3.63, 3.8) is 0 Å². The molecule has 1 unspecified atom stereocenters. The Bertz CT molecular complexity index is 374. The van der Waals surface area contributed by atoms with Crippen LogP contribution in [-0.4, -0.2) is 40.2 Å². The van der Waals surface area contributed by atoms with Crippen LogP contribution in [0.4, 0.5) is 0 Å². The van der Waals surface area contributed by atoms with Gasteiger partial charge in [-0.25, -0.2) is 0 Å². The molecule has 19 heavy (non-hydrogen) atoms. The van der Waals surface area contributed by atoms with Gasteiger partial charge in [-0.15, -0.1) is 0 Å². The van der Waals surface area contributed by atoms with E-state index in [1.807, 2.05) is 7.11 Å². The zero-order chi connectivity index (χ0) is 14.5. The van der Waals surface area contributed by atoms with E-state index < -0.39 is 8.07 Å². The summed E-state index contributed by atoms with van der Waals surface area (Å²) < 4.78 is 6.13. The molecule has 108 valence electrons. The summed E-state index contributed by atoms with van der Waals surface area (Å²) in [7, 11) is 2.53. The summed E-state index contributed by atoms with van der Waals surface area (Å²) in [5.41, 5.74) is 1.32. The highest BCUT2D eigenvalue weighted by atomic mass is 28.3. The number of hydrogen-bond acceptors (Lipinski definition) is 2. The molecule has 0 aliphatic carbocycles. The van der Waals surface area contributed by atoms with Crippen LogP contribution in [0.3, 0.4) is 0 Å². The molecule has 0 radical (unpaired) electrons. The third-order valence-electron chi connectivity index (χ3n) is 3.90. The van der Waals surface area contributed by atoms with E-state index in [2.05, 4.69) is 68.8 Å². The SMILES string of the molecule is CCCN(C)CC(OC)(c1ccccc1)[Si](C)(C)C. The van der Waals surface area contributed by atoms with Gasteiger partial charge in [0.25, 0.3) is 0 Å². The van der Waals surface area contributed by atoms with Crippen LogP contribution in [0.5, 0.6) is 0 Å². The Hall–Kier alpha value is -0.643. The van der Waals surface area contributed by atoms with E-state index in [4.69, 9.17) is 4.74 Å². The number of methoxy groups -OCH3 is 1. The Morgan fingerprint density at radius 3 is 2.16 bits per heavy atom. The van der Waals surface area contributed by atoms with Gasteiger partial charge in [0, 0.05) is 13.7 Å². The van der Waals surface area contributed by atoms with Crippen LogP contribution in [0.25, 0.3) is 0 Å². The smallest absolute Gasteiger partial charge is 0.0937 e. The Morgan fingerprint density at radius 2 is 1.74 bits per heavy atom. The highest BCUT2D eigenvalue weighted by Gasteiger charge is 2.45. The molecule has 1 aromatic carbocycles. The number of hydrogen-bond donors (Lipinski definition) is 0. The Labute approximate surface area is 119 Å². The van der Waals surface area contributed by atoms with Crippen LogP contribution in [0.1, 0.15) is 18.9 Å². The first-order valence-corrected chi connectivity index (χ1v) is 10.7. The lowest BCUT2D eigenvalue weighted by molar-refractivity contribution is 0.0228. The predicted molar refractivity (Wildman–Crippen MR) is 86.3 cm³/mol. The number of benzene rings is 1. The third kappa shape index (κ3) is 3.68. The topological polar surface area (TPSA) is 12.5 Å². The summed E-state index contributed by atoms with van der Waals surface area (Å²) in [5, 5.41) is -0.141. The molecule has 2 nitrogen and oxygen atoms in total. The first-order chi connectivity index (χ1) is 8.87. The van der Waals surface area contributed by atoms with Crippen LogP contribution in [0.15, 0.2) is 30.3 Å². The van der Waals surface area contributed by atoms with Gasteiger partial charge in [-0.3, -0.25) is 0 Å². The molecule has 0 fully saturated rings. The second kappa shape index (κ2) is 6.68. The quantitative estimate of drug-likeness (QED) is 0.705. The van der Waals surface area contributed by atoms with Crippen LogP contribution < -0.4 is 0 Å². The van der Waals surface area contributed by atoms with E-state index in [0.29, 0.717) is 0 Å². The van der Waals surface area contributed by atoms with Gasteiger partial charge in [0.2, 0.25) is 0 Å². The lowest BCUT2D eigenvalue weighted by atomic mass is 10.1. The molecule has 0 heterocycles. The van der Waals surface area contributed by atoms with Gasteiger partial charge >= 0.3 is 0 Å². The molecular weight excluding hydrogens is 250 g/mol. The lowest BCUT2D eigenvalue weighted by Gasteiger charge is -2.45. The van der Waals surface area contributed by atoms with Crippen LogP contribution in [-0.2, 0) is 9.96 Å². The van der Waals surface area contributed by atoms with Crippen molar-refractivity contribution < 1.29 is 4.74 Å². The van der Waals surface area contributed by atoms with Crippen molar-refractivity contribution in [2.24, 2.45) is 0 Å². The fraction of sp³-hybridized carbons (Fsp3) is 0.625. The van der Waals surface area contributed by atoms with E-state index in [1.54, 1.807) is 0 Å². The normalized spacial score (nSPS) is 15.5. The van der Waals surface area contributed by atoms with Crippen molar-refractivity contribution in [2.45, 2.75) is 38.2 Å². The first kappa shape index (κ1) is 16.4. The molecule has 0 spiro atoms. The van der Waals surface area contributed by atoms with E-state index in [-0.39, 0.29) is 5.22 Å². The van der Waals surface area contributed by atoms with Crippen LogP contribution >= 0.6 is 0 Å². The Morgan fingerprint density at radius 1 is 1.16 bits per heavy atom. The first-order valence-electron chi connectivity index (χ1n) is 7.16. The molecule has 0 saturated carbocycles. The summed E-state index contributed by atoms with van der Waals surface area (Å²) in [6, 6.07) is 10.7. The third-order valence-corrected chi connectivity index (χ3v) is 6.97. The maximum atomic E-state index is 6.13. The van der Waals surface area contributed by atoms with Crippen molar-refractivity contribution in [3.05, 3.63) is 35.9 Å². The van der Waals surface area contributed by atoms with Gasteiger partial charge in [0.15, 0.2) is 0 Å². The van der Waals surface area contributed by atoms with Crippen molar-refractivity contribution in [3.8, 4) is 0 Å². The average molecular weight is 280 g/mol. The molecular formula is C16H29NOSi. The van der Waals surface area contributed by atoms with Crippen molar-refractivity contribution in [1.82, 2.24) is 4.90 Å². The van der Waals surface area contributed by atoms with Gasteiger partial charge in [-0.05, 0) is 25.6 Å². The van der Waals surface area contributed by atoms with Gasteiger partial charge in [-0.2, -0.15) is 0 Å². The van der Waals surface area contributed by atoms with E-state index >= 15 is 0 Å². The Balaban J connectivity index is 3.17. The van der Waals surface area contributed by atoms with E-state index in [0.717, 1.165) is 13.1 Å². The summed E-state index contributed by atoms with van der Waals surface area (Å²) in [6.45, 7) is 11.5. The highest BCUT2D eigenvalue weighted by molar-refractivity contribution is 6.78. The molecule has 1 aromatic rings. The number of rotatable bonds is 7. The van der Waals surface area contributed by atoms with Crippen molar-refractivity contribution in [2.75, 3.05) is 27.2 Å². The van der Waals surface area contributed by atoms with Crippen LogP contribution in [0, 0.1) is 0 Å². The molecule has 0 aliphatic rings. The standard InChI is InChI=1S/C16H29NOSi/c1-7-13-17(2)14-16(18-3,19(4,5)6)15-11-9-8-10-12-15/h8-12H,7,13-14H2,1-6H3. The largest absolute Gasteiger partial charge is 0.376 e.